The van der Waals surface area contributed by atoms with E-state index in [2.05, 4.69) is 19.1 Å². The van der Waals surface area contributed by atoms with E-state index >= 15 is 0 Å². The quantitative estimate of drug-likeness (QED) is 0.193. The third-order valence-electron chi connectivity index (χ3n) is 3.73. The average Bonchev–Trinajstić information content (AvgIpc) is 2.43. The molecular weight excluding hydrogens is 252 g/mol. The van der Waals surface area contributed by atoms with Crippen LogP contribution in [0.4, 0.5) is 0 Å². The number of nitrogens with zero attached hydrogens (tertiary/aromatic N) is 2. The first-order chi connectivity index (χ1) is 9.66. The Morgan fingerprint density at radius 3 is 1.60 bits per heavy atom. The van der Waals surface area contributed by atoms with E-state index in [1.54, 1.807) is 0 Å². The molecule has 0 bridgehead atoms. The van der Waals surface area contributed by atoms with Gasteiger partial charge >= 0.3 is 0 Å². The largest absolute Gasteiger partial charge is 0.597 e. The van der Waals surface area contributed by atoms with Gasteiger partial charge in [-0.2, -0.15) is 0 Å². The molecule has 0 atom stereocenters. The number of unbranched alkanes of at least 4 members (excludes halogenated alkanes) is 10. The summed E-state index contributed by atoms with van der Waals surface area (Å²) in [5.74, 6) is 0.856. The number of hydroxylamine groups is 1. The molecule has 0 aromatic rings. The zero-order chi connectivity index (χ0) is 15.1. The highest BCUT2D eigenvalue weighted by molar-refractivity contribution is 4.50. The first kappa shape index (κ1) is 19.2. The van der Waals surface area contributed by atoms with E-state index in [0.29, 0.717) is 11.4 Å². The monoisotopic (exact) mass is 286 g/mol. The van der Waals surface area contributed by atoms with Crippen LogP contribution in [-0.4, -0.2) is 16.6 Å². The van der Waals surface area contributed by atoms with Crippen molar-refractivity contribution in [2.45, 2.75) is 90.9 Å². The molecule has 0 saturated heterocycles. The molecule has 0 unspecified atom stereocenters. The van der Waals surface area contributed by atoms with E-state index in [4.69, 9.17) is 5.21 Å². The van der Waals surface area contributed by atoms with Gasteiger partial charge in [-0.15, -0.1) is 0 Å². The maximum Gasteiger partial charge on any atom is 0.197 e. The highest BCUT2D eigenvalue weighted by Crippen LogP contribution is 2.13. The van der Waals surface area contributed by atoms with Crippen molar-refractivity contribution in [1.29, 1.82) is 0 Å². The summed E-state index contributed by atoms with van der Waals surface area (Å²) in [5.41, 5.74) is 0. The van der Waals surface area contributed by atoms with Crippen LogP contribution in [0, 0.1) is 11.1 Å². The average molecular weight is 286 g/mol. The van der Waals surface area contributed by atoms with Crippen LogP contribution in [0.15, 0.2) is 5.28 Å². The topological polar surface area (TPSA) is 58.7 Å². The van der Waals surface area contributed by atoms with Crippen LogP contribution in [-0.2, 0) is 0 Å². The molecular formula is C16H34N2O2. The van der Waals surface area contributed by atoms with E-state index in [1.165, 1.54) is 64.2 Å². The van der Waals surface area contributed by atoms with Crippen molar-refractivity contribution in [2.24, 2.45) is 11.2 Å². The van der Waals surface area contributed by atoms with Gasteiger partial charge in [-0.3, -0.25) is 0 Å². The third kappa shape index (κ3) is 15.3. The van der Waals surface area contributed by atoms with Crippen LogP contribution in [0.2, 0.25) is 0 Å². The van der Waals surface area contributed by atoms with Gasteiger partial charge in [0.1, 0.15) is 0 Å². The van der Waals surface area contributed by atoms with Gasteiger partial charge in [-0.05, 0) is 12.3 Å². The van der Waals surface area contributed by atoms with Crippen molar-refractivity contribution in [3.8, 4) is 0 Å². The summed E-state index contributed by atoms with van der Waals surface area (Å²) >= 11 is 0. The predicted octanol–water partition coefficient (Wildman–Crippen LogP) is 5.68. The van der Waals surface area contributed by atoms with Gasteiger partial charge in [0.2, 0.25) is 0 Å². The summed E-state index contributed by atoms with van der Waals surface area (Å²) in [5, 5.41) is 21.4. The summed E-state index contributed by atoms with van der Waals surface area (Å²) in [6, 6.07) is 0. The normalized spacial score (nSPS) is 12.2. The van der Waals surface area contributed by atoms with Crippen LogP contribution >= 0.6 is 0 Å². The number of rotatable bonds is 14. The smallest absolute Gasteiger partial charge is 0.197 e. The van der Waals surface area contributed by atoms with E-state index in [1.807, 2.05) is 0 Å². The fourth-order valence-electron chi connectivity index (χ4n) is 2.44. The Morgan fingerprint density at radius 2 is 1.20 bits per heavy atom. The molecule has 20 heavy (non-hydrogen) atoms. The van der Waals surface area contributed by atoms with Gasteiger partial charge in [0, 0.05) is 6.42 Å². The second kappa shape index (κ2) is 14.6. The second-order valence-electron chi connectivity index (χ2n) is 6.24. The predicted molar refractivity (Wildman–Crippen MR) is 83.0 cm³/mol. The molecule has 0 rings (SSSR count). The molecule has 0 aromatic carbocycles. The summed E-state index contributed by atoms with van der Waals surface area (Å²) in [4.78, 5) is 0.347. The summed E-state index contributed by atoms with van der Waals surface area (Å²) in [6.07, 6.45) is 15.3. The lowest BCUT2D eigenvalue weighted by Crippen LogP contribution is -2.01. The second-order valence-corrected chi connectivity index (χ2v) is 6.24. The van der Waals surface area contributed by atoms with Gasteiger partial charge in [0.15, 0.2) is 11.8 Å². The molecule has 0 amide bonds. The van der Waals surface area contributed by atoms with Gasteiger partial charge in [-0.25, -0.2) is 0 Å². The molecule has 0 fully saturated rings. The van der Waals surface area contributed by atoms with Crippen LogP contribution in [0.1, 0.15) is 90.9 Å². The Labute approximate surface area is 124 Å². The maximum atomic E-state index is 10.6. The first-order valence-corrected chi connectivity index (χ1v) is 8.46. The van der Waals surface area contributed by atoms with E-state index in [9.17, 15) is 5.21 Å². The minimum absolute atomic E-state index is 0.312. The van der Waals surface area contributed by atoms with E-state index in [0.717, 1.165) is 18.8 Å². The number of hydrogen-bond acceptors (Lipinski definition) is 2. The molecule has 4 heteroatoms. The van der Waals surface area contributed by atoms with Crippen molar-refractivity contribution in [1.82, 2.24) is 0 Å². The fraction of sp³-hybridized carbons (Fsp3) is 1.00. The summed E-state index contributed by atoms with van der Waals surface area (Å²) < 4.78 is 0. The van der Waals surface area contributed by atoms with Crippen LogP contribution in [0.3, 0.4) is 0 Å². The lowest BCUT2D eigenvalue weighted by molar-refractivity contribution is -0.556. The summed E-state index contributed by atoms with van der Waals surface area (Å²) in [6.45, 7) is 4.91. The van der Waals surface area contributed by atoms with Crippen molar-refractivity contribution < 1.29 is 10.1 Å². The van der Waals surface area contributed by atoms with Crippen LogP contribution in [0.5, 0.6) is 0 Å². The Bertz CT molecular complexity index is 231. The SMILES string of the molecule is CC(C)CCCCCCCCCCCCC/[N+]([O-])=N\O. The van der Waals surface area contributed by atoms with Crippen molar-refractivity contribution in [2.75, 3.05) is 6.54 Å². The fourth-order valence-corrected chi connectivity index (χ4v) is 2.44. The molecule has 0 radical (unpaired) electrons. The minimum atomic E-state index is 0.312. The standard InChI is InChI=1S/C16H34N2O2/c1-16(2)14-12-10-8-6-4-3-5-7-9-11-13-15-18(20)17-19/h16,19H,3-15H2,1-2H3/b18-17+. The molecule has 4 nitrogen and oxygen atoms in total. The first-order valence-electron chi connectivity index (χ1n) is 8.46. The molecule has 0 heterocycles. The molecule has 0 aromatic heterocycles. The molecule has 0 aliphatic rings. The Morgan fingerprint density at radius 1 is 0.800 bits per heavy atom. The van der Waals surface area contributed by atoms with Crippen molar-refractivity contribution in [3.63, 3.8) is 0 Å². The minimum Gasteiger partial charge on any atom is -0.597 e. The molecule has 0 saturated carbocycles. The molecule has 0 aliphatic carbocycles. The zero-order valence-corrected chi connectivity index (χ0v) is 13.5. The molecule has 1 N–H and O–H groups in total. The van der Waals surface area contributed by atoms with Crippen LogP contribution in [0.25, 0.3) is 0 Å². The van der Waals surface area contributed by atoms with E-state index in [-0.39, 0.29) is 0 Å². The van der Waals surface area contributed by atoms with Crippen LogP contribution < -0.4 is 0 Å². The van der Waals surface area contributed by atoms with Gasteiger partial charge < -0.3 is 10.4 Å². The van der Waals surface area contributed by atoms with E-state index < -0.39 is 0 Å². The van der Waals surface area contributed by atoms with Gasteiger partial charge in [-0.1, -0.05) is 82.9 Å². The maximum absolute atomic E-state index is 10.6. The highest BCUT2D eigenvalue weighted by Gasteiger charge is 1.97. The molecule has 0 aliphatic heterocycles. The van der Waals surface area contributed by atoms with Gasteiger partial charge in [0.25, 0.3) is 0 Å². The Hall–Kier alpha value is -0.800. The number of hydrogen-bond donors (Lipinski definition) is 1. The lowest BCUT2D eigenvalue weighted by Gasteiger charge is -2.04. The third-order valence-corrected chi connectivity index (χ3v) is 3.73. The summed E-state index contributed by atoms with van der Waals surface area (Å²) in [7, 11) is 0. The zero-order valence-electron chi connectivity index (χ0n) is 13.5. The van der Waals surface area contributed by atoms with Crippen molar-refractivity contribution >= 4 is 0 Å². The molecule has 0 spiro atoms. The molecule has 120 valence electrons. The van der Waals surface area contributed by atoms with Gasteiger partial charge in [0.05, 0.1) is 0 Å². The Balaban J connectivity index is 3.03. The van der Waals surface area contributed by atoms with Crippen molar-refractivity contribution in [3.05, 3.63) is 5.21 Å². The lowest BCUT2D eigenvalue weighted by atomic mass is 10.0. The highest BCUT2D eigenvalue weighted by atomic mass is 16.6. The Kier molecular flexibility index (Phi) is 14.0.